The van der Waals surface area contributed by atoms with Crippen LogP contribution >= 0.6 is 0 Å². The molecule has 3 rings (SSSR count). The van der Waals surface area contributed by atoms with Gasteiger partial charge in [-0.1, -0.05) is 18.2 Å². The number of nitrogens with one attached hydrogen (secondary N) is 1. The molecule has 0 aliphatic carbocycles. The highest BCUT2D eigenvalue weighted by Crippen LogP contribution is 2.27. The predicted molar refractivity (Wildman–Crippen MR) is 64.0 cm³/mol. The number of quaternary nitrogens is 1. The Morgan fingerprint density at radius 1 is 1.12 bits per heavy atom. The molecule has 0 amide bonds. The van der Waals surface area contributed by atoms with E-state index < -0.39 is 0 Å². The van der Waals surface area contributed by atoms with Gasteiger partial charge in [0.1, 0.15) is 12.3 Å². The van der Waals surface area contributed by atoms with Gasteiger partial charge < -0.3 is 9.64 Å². The Morgan fingerprint density at radius 3 is 2.75 bits per heavy atom. The lowest BCUT2D eigenvalue weighted by Crippen LogP contribution is -3.14. The maximum Gasteiger partial charge on any atom is 0.151 e. The van der Waals surface area contributed by atoms with Crippen molar-refractivity contribution in [2.75, 3.05) is 19.6 Å². The lowest BCUT2D eigenvalue weighted by molar-refractivity contribution is -0.907. The summed E-state index contributed by atoms with van der Waals surface area (Å²) in [6, 6.07) is 8.47. The zero-order valence-electron chi connectivity index (χ0n) is 9.74. The Labute approximate surface area is 97.2 Å². The maximum atomic E-state index is 5.99. The molecular formula is C14H20NO+. The molecule has 86 valence electrons. The first kappa shape index (κ1) is 10.2. The first-order valence-electron chi connectivity index (χ1n) is 6.50. The van der Waals surface area contributed by atoms with Crippen LogP contribution in [0.5, 0.6) is 5.75 Å². The topological polar surface area (TPSA) is 13.7 Å². The highest BCUT2D eigenvalue weighted by Gasteiger charge is 2.27. The van der Waals surface area contributed by atoms with E-state index in [-0.39, 0.29) is 0 Å². The van der Waals surface area contributed by atoms with Crippen LogP contribution < -0.4 is 9.64 Å². The number of rotatable bonds is 2. The van der Waals surface area contributed by atoms with E-state index in [2.05, 4.69) is 24.3 Å². The second-order valence-corrected chi connectivity index (χ2v) is 5.07. The number of likely N-dealkylation sites (tertiary alicyclic amines) is 1. The van der Waals surface area contributed by atoms with Gasteiger partial charge in [0.05, 0.1) is 13.1 Å². The lowest BCUT2D eigenvalue weighted by atomic mass is 10.1. The summed E-state index contributed by atoms with van der Waals surface area (Å²) in [4.78, 5) is 1.74. The van der Waals surface area contributed by atoms with Gasteiger partial charge in [0, 0.05) is 6.42 Å². The van der Waals surface area contributed by atoms with E-state index in [0.717, 1.165) is 12.2 Å². The van der Waals surface area contributed by atoms with Gasteiger partial charge in [-0.2, -0.15) is 0 Å². The average molecular weight is 218 g/mol. The normalized spacial score (nSPS) is 25.1. The molecule has 16 heavy (non-hydrogen) atoms. The van der Waals surface area contributed by atoms with E-state index in [4.69, 9.17) is 4.74 Å². The van der Waals surface area contributed by atoms with Crippen LogP contribution in [-0.4, -0.2) is 25.7 Å². The number of benzene rings is 1. The van der Waals surface area contributed by atoms with Crippen LogP contribution in [0.25, 0.3) is 0 Å². The van der Waals surface area contributed by atoms with Crippen molar-refractivity contribution in [3.8, 4) is 5.75 Å². The second-order valence-electron chi connectivity index (χ2n) is 5.07. The molecule has 2 aliphatic heterocycles. The number of para-hydroxylation sites is 1. The van der Waals surface area contributed by atoms with E-state index in [1.54, 1.807) is 4.90 Å². The summed E-state index contributed by atoms with van der Waals surface area (Å²) < 4.78 is 5.99. The Balaban J connectivity index is 1.59. The Bertz CT molecular complexity index is 333. The molecule has 1 atom stereocenters. The van der Waals surface area contributed by atoms with Gasteiger partial charge in [-0.15, -0.1) is 0 Å². The van der Waals surface area contributed by atoms with Crippen LogP contribution in [0, 0.1) is 0 Å². The predicted octanol–water partition coefficient (Wildman–Crippen LogP) is 1.06. The van der Waals surface area contributed by atoms with Crippen LogP contribution in [0.15, 0.2) is 24.3 Å². The van der Waals surface area contributed by atoms with Crippen molar-refractivity contribution in [3.63, 3.8) is 0 Å². The molecule has 0 aromatic heterocycles. The summed E-state index contributed by atoms with van der Waals surface area (Å²) in [6.45, 7) is 3.88. The SMILES string of the molecule is c1ccc2c(c1)CC(C[NH+]1CCCCC1)O2. The molecular weight excluding hydrogens is 198 g/mol. The molecule has 0 saturated carbocycles. The molecule has 1 aromatic rings. The summed E-state index contributed by atoms with van der Waals surface area (Å²) in [5.41, 5.74) is 1.39. The number of hydrogen-bond acceptors (Lipinski definition) is 1. The van der Waals surface area contributed by atoms with Crippen molar-refractivity contribution < 1.29 is 9.64 Å². The lowest BCUT2D eigenvalue weighted by Gasteiger charge is -2.25. The molecule has 1 unspecified atom stereocenters. The van der Waals surface area contributed by atoms with Crippen LogP contribution in [-0.2, 0) is 6.42 Å². The van der Waals surface area contributed by atoms with Crippen molar-refractivity contribution in [2.24, 2.45) is 0 Å². The first-order chi connectivity index (χ1) is 7.92. The third-order valence-corrected chi connectivity index (χ3v) is 3.79. The van der Waals surface area contributed by atoms with Crippen LogP contribution in [0.3, 0.4) is 0 Å². The van der Waals surface area contributed by atoms with Crippen molar-refractivity contribution in [1.82, 2.24) is 0 Å². The first-order valence-corrected chi connectivity index (χ1v) is 6.50. The van der Waals surface area contributed by atoms with Crippen LogP contribution in [0.4, 0.5) is 0 Å². The summed E-state index contributed by atoms with van der Waals surface area (Å²) >= 11 is 0. The van der Waals surface area contributed by atoms with Crippen molar-refractivity contribution in [3.05, 3.63) is 29.8 Å². The van der Waals surface area contributed by atoms with Gasteiger partial charge in [-0.25, -0.2) is 0 Å². The highest BCUT2D eigenvalue weighted by molar-refractivity contribution is 5.37. The summed E-state index contributed by atoms with van der Waals surface area (Å²) in [5, 5.41) is 0. The fourth-order valence-electron chi connectivity index (χ4n) is 2.95. The van der Waals surface area contributed by atoms with Crippen LogP contribution in [0.1, 0.15) is 24.8 Å². The quantitative estimate of drug-likeness (QED) is 0.783. The van der Waals surface area contributed by atoms with Gasteiger partial charge in [0.2, 0.25) is 0 Å². The molecule has 2 heteroatoms. The van der Waals surface area contributed by atoms with Crippen molar-refractivity contribution in [1.29, 1.82) is 0 Å². The van der Waals surface area contributed by atoms with Crippen LogP contribution in [0.2, 0.25) is 0 Å². The molecule has 1 saturated heterocycles. The van der Waals surface area contributed by atoms with Gasteiger partial charge in [-0.05, 0) is 30.9 Å². The fraction of sp³-hybridized carbons (Fsp3) is 0.571. The maximum absolute atomic E-state index is 5.99. The monoisotopic (exact) mass is 218 g/mol. The highest BCUT2D eigenvalue weighted by atomic mass is 16.5. The minimum Gasteiger partial charge on any atom is -0.484 e. The van der Waals surface area contributed by atoms with E-state index in [1.807, 2.05) is 0 Å². The Hall–Kier alpha value is -1.02. The van der Waals surface area contributed by atoms with Gasteiger partial charge in [0.15, 0.2) is 6.10 Å². The Morgan fingerprint density at radius 2 is 1.94 bits per heavy atom. The molecule has 2 heterocycles. The Kier molecular flexibility index (Phi) is 2.83. The van der Waals surface area contributed by atoms with E-state index in [9.17, 15) is 0 Å². The third-order valence-electron chi connectivity index (χ3n) is 3.79. The van der Waals surface area contributed by atoms with E-state index in [1.165, 1.54) is 44.5 Å². The third kappa shape index (κ3) is 2.07. The molecule has 1 N–H and O–H groups in total. The number of hydrogen-bond donors (Lipinski definition) is 1. The second kappa shape index (κ2) is 4.46. The van der Waals surface area contributed by atoms with Gasteiger partial charge in [0.25, 0.3) is 0 Å². The molecule has 2 aliphatic rings. The minimum absolute atomic E-state index is 0.422. The van der Waals surface area contributed by atoms with E-state index in [0.29, 0.717) is 6.10 Å². The minimum atomic E-state index is 0.422. The van der Waals surface area contributed by atoms with Gasteiger partial charge in [-0.3, -0.25) is 0 Å². The molecule has 0 radical (unpaired) electrons. The molecule has 0 spiro atoms. The van der Waals surface area contributed by atoms with Crippen molar-refractivity contribution in [2.45, 2.75) is 31.8 Å². The molecule has 1 fully saturated rings. The fourth-order valence-corrected chi connectivity index (χ4v) is 2.95. The molecule has 0 bridgehead atoms. The van der Waals surface area contributed by atoms with Gasteiger partial charge >= 0.3 is 0 Å². The zero-order chi connectivity index (χ0) is 10.8. The number of fused-ring (bicyclic) bond motifs is 1. The largest absolute Gasteiger partial charge is 0.484 e. The summed E-state index contributed by atoms with van der Waals surface area (Å²) in [6.07, 6.45) is 5.75. The van der Waals surface area contributed by atoms with E-state index >= 15 is 0 Å². The standard InChI is InChI=1S/C14H19NO/c1-4-8-15(9-5-1)11-13-10-12-6-2-3-7-14(12)16-13/h2-3,6-7,13H,1,4-5,8-11H2/p+1. The molecule has 2 nitrogen and oxygen atoms in total. The number of ether oxygens (including phenoxy) is 1. The average Bonchev–Trinajstić information content (AvgIpc) is 2.72. The summed E-state index contributed by atoms with van der Waals surface area (Å²) in [7, 11) is 0. The summed E-state index contributed by atoms with van der Waals surface area (Å²) in [5.74, 6) is 1.11. The smallest absolute Gasteiger partial charge is 0.151 e. The van der Waals surface area contributed by atoms with Crippen molar-refractivity contribution >= 4 is 0 Å². The number of piperidine rings is 1. The molecule has 1 aromatic carbocycles. The zero-order valence-corrected chi connectivity index (χ0v) is 9.74.